The lowest BCUT2D eigenvalue weighted by Crippen LogP contribution is -2.25. The summed E-state index contributed by atoms with van der Waals surface area (Å²) >= 11 is 7.76. The van der Waals surface area contributed by atoms with Crippen molar-refractivity contribution in [3.05, 3.63) is 34.9 Å². The van der Waals surface area contributed by atoms with Crippen LogP contribution >= 0.6 is 23.4 Å². The Bertz CT molecular complexity index is 299. The van der Waals surface area contributed by atoms with Crippen molar-refractivity contribution in [2.75, 3.05) is 18.6 Å². The van der Waals surface area contributed by atoms with Gasteiger partial charge in [0.15, 0.2) is 0 Å². The molecule has 2 atom stereocenters. The third-order valence-electron chi connectivity index (χ3n) is 2.59. The summed E-state index contributed by atoms with van der Waals surface area (Å²) in [6.45, 7) is 5.53. The molecule has 0 aliphatic rings. The molecule has 0 aliphatic heterocycles. The van der Waals surface area contributed by atoms with Gasteiger partial charge in [0.2, 0.25) is 0 Å². The fourth-order valence-corrected chi connectivity index (χ4v) is 2.40. The maximum absolute atomic E-state index is 5.86. The van der Waals surface area contributed by atoms with Gasteiger partial charge < -0.3 is 5.32 Å². The summed E-state index contributed by atoms with van der Waals surface area (Å²) in [7, 11) is 0. The lowest BCUT2D eigenvalue weighted by molar-refractivity contribution is 0.501. The summed E-state index contributed by atoms with van der Waals surface area (Å²) in [6.07, 6.45) is 2.15. The molecule has 16 heavy (non-hydrogen) atoms. The van der Waals surface area contributed by atoms with Gasteiger partial charge >= 0.3 is 0 Å². The molecule has 1 aromatic rings. The Balaban J connectivity index is 2.40. The highest BCUT2D eigenvalue weighted by Crippen LogP contribution is 2.16. The Morgan fingerprint density at radius 1 is 1.25 bits per heavy atom. The highest BCUT2D eigenvalue weighted by Gasteiger charge is 2.06. The van der Waals surface area contributed by atoms with Crippen molar-refractivity contribution in [2.45, 2.75) is 19.9 Å². The second kappa shape index (κ2) is 7.21. The van der Waals surface area contributed by atoms with E-state index in [9.17, 15) is 0 Å². The molecule has 2 unspecified atom stereocenters. The van der Waals surface area contributed by atoms with Crippen LogP contribution in [0.25, 0.3) is 0 Å². The summed E-state index contributed by atoms with van der Waals surface area (Å²) in [4.78, 5) is 0. The predicted octanol–water partition coefficient (Wildman–Crippen LogP) is 3.99. The van der Waals surface area contributed by atoms with Gasteiger partial charge in [-0.1, -0.05) is 30.7 Å². The van der Waals surface area contributed by atoms with Crippen molar-refractivity contribution in [1.29, 1.82) is 0 Å². The van der Waals surface area contributed by atoms with Gasteiger partial charge in [0, 0.05) is 11.1 Å². The van der Waals surface area contributed by atoms with E-state index < -0.39 is 0 Å². The van der Waals surface area contributed by atoms with Gasteiger partial charge in [-0.25, -0.2) is 0 Å². The zero-order valence-electron chi connectivity index (χ0n) is 10.2. The molecule has 0 spiro atoms. The summed E-state index contributed by atoms with van der Waals surface area (Å²) in [5, 5.41) is 4.34. The van der Waals surface area contributed by atoms with E-state index in [4.69, 9.17) is 11.6 Å². The zero-order chi connectivity index (χ0) is 12.0. The quantitative estimate of drug-likeness (QED) is 0.827. The molecule has 90 valence electrons. The number of halogens is 1. The van der Waals surface area contributed by atoms with Crippen molar-refractivity contribution in [3.63, 3.8) is 0 Å². The molecule has 0 aromatic heterocycles. The number of benzene rings is 1. The van der Waals surface area contributed by atoms with E-state index in [-0.39, 0.29) is 0 Å². The smallest absolute Gasteiger partial charge is 0.0406 e. The van der Waals surface area contributed by atoms with Crippen molar-refractivity contribution >= 4 is 23.4 Å². The molecule has 0 saturated carbocycles. The van der Waals surface area contributed by atoms with Crippen LogP contribution in [0.4, 0.5) is 0 Å². The highest BCUT2D eigenvalue weighted by atomic mass is 35.5. The van der Waals surface area contributed by atoms with Crippen LogP contribution in [0.5, 0.6) is 0 Å². The first-order chi connectivity index (χ1) is 7.63. The van der Waals surface area contributed by atoms with Crippen molar-refractivity contribution in [3.8, 4) is 0 Å². The molecule has 1 N–H and O–H groups in total. The molecule has 0 saturated heterocycles. The highest BCUT2D eigenvalue weighted by molar-refractivity contribution is 7.98. The van der Waals surface area contributed by atoms with Crippen LogP contribution < -0.4 is 5.32 Å². The minimum absolute atomic E-state index is 0.390. The van der Waals surface area contributed by atoms with E-state index in [1.54, 1.807) is 0 Å². The van der Waals surface area contributed by atoms with Crippen LogP contribution in [-0.4, -0.2) is 18.6 Å². The Kier molecular flexibility index (Phi) is 6.25. The Morgan fingerprint density at radius 3 is 2.44 bits per heavy atom. The monoisotopic (exact) mass is 257 g/mol. The zero-order valence-corrected chi connectivity index (χ0v) is 11.7. The summed E-state index contributed by atoms with van der Waals surface area (Å²) in [5.74, 6) is 1.92. The van der Waals surface area contributed by atoms with Gasteiger partial charge in [0.05, 0.1) is 0 Å². The molecule has 0 heterocycles. The first-order valence-electron chi connectivity index (χ1n) is 5.61. The number of hydrogen-bond acceptors (Lipinski definition) is 2. The van der Waals surface area contributed by atoms with Crippen molar-refractivity contribution in [2.24, 2.45) is 5.92 Å². The Hall–Kier alpha value is -0.180. The molecule has 0 aliphatic carbocycles. The van der Waals surface area contributed by atoms with E-state index in [0.29, 0.717) is 12.0 Å². The molecule has 1 aromatic carbocycles. The predicted molar refractivity (Wildman–Crippen MR) is 75.4 cm³/mol. The lowest BCUT2D eigenvalue weighted by Gasteiger charge is -2.17. The van der Waals surface area contributed by atoms with Crippen LogP contribution in [-0.2, 0) is 0 Å². The standard InChI is InChI=1S/C13H20ClNS/c1-10(9-16-3)8-15-11(2)12-4-6-13(14)7-5-12/h4-7,10-11,15H,8-9H2,1-3H3. The first kappa shape index (κ1) is 13.9. The van der Waals surface area contributed by atoms with E-state index in [0.717, 1.165) is 11.6 Å². The van der Waals surface area contributed by atoms with Gasteiger partial charge in [0.1, 0.15) is 0 Å². The van der Waals surface area contributed by atoms with Gasteiger partial charge in [-0.05, 0) is 49.1 Å². The van der Waals surface area contributed by atoms with Crippen LogP contribution in [0.2, 0.25) is 5.02 Å². The molecule has 1 rings (SSSR count). The average molecular weight is 258 g/mol. The fourth-order valence-electron chi connectivity index (χ4n) is 1.59. The molecule has 3 heteroatoms. The molecular formula is C13H20ClNS. The maximum Gasteiger partial charge on any atom is 0.0406 e. The number of rotatable bonds is 6. The summed E-state index contributed by atoms with van der Waals surface area (Å²) < 4.78 is 0. The first-order valence-corrected chi connectivity index (χ1v) is 7.38. The molecular weight excluding hydrogens is 238 g/mol. The van der Waals surface area contributed by atoms with Gasteiger partial charge in [-0.15, -0.1) is 0 Å². The normalized spacial score (nSPS) is 14.8. The van der Waals surface area contributed by atoms with Crippen molar-refractivity contribution < 1.29 is 0 Å². The topological polar surface area (TPSA) is 12.0 Å². The van der Waals surface area contributed by atoms with Gasteiger partial charge in [0.25, 0.3) is 0 Å². The number of nitrogens with one attached hydrogen (secondary N) is 1. The molecule has 1 nitrogen and oxygen atoms in total. The van der Waals surface area contributed by atoms with E-state index in [1.807, 2.05) is 23.9 Å². The van der Waals surface area contributed by atoms with Crippen LogP contribution in [0, 0.1) is 5.92 Å². The Morgan fingerprint density at radius 2 is 1.88 bits per heavy atom. The van der Waals surface area contributed by atoms with Crippen molar-refractivity contribution in [1.82, 2.24) is 5.32 Å². The van der Waals surface area contributed by atoms with Crippen LogP contribution in [0.1, 0.15) is 25.5 Å². The largest absolute Gasteiger partial charge is 0.310 e. The fraction of sp³-hybridized carbons (Fsp3) is 0.538. The number of thioether (sulfide) groups is 1. The number of hydrogen-bond donors (Lipinski definition) is 1. The maximum atomic E-state index is 5.86. The molecule has 0 bridgehead atoms. The van der Waals surface area contributed by atoms with Gasteiger partial charge in [-0.3, -0.25) is 0 Å². The van der Waals surface area contributed by atoms with E-state index >= 15 is 0 Å². The van der Waals surface area contributed by atoms with E-state index in [2.05, 4.69) is 37.6 Å². The Labute approximate surface area is 108 Å². The SMILES string of the molecule is CSCC(C)CNC(C)c1ccc(Cl)cc1. The second-order valence-corrected chi connectivity index (χ2v) is 5.59. The lowest BCUT2D eigenvalue weighted by atomic mass is 10.1. The summed E-state index contributed by atoms with van der Waals surface area (Å²) in [6, 6.07) is 8.45. The summed E-state index contributed by atoms with van der Waals surface area (Å²) in [5.41, 5.74) is 1.29. The van der Waals surface area contributed by atoms with E-state index in [1.165, 1.54) is 11.3 Å². The minimum atomic E-state index is 0.390. The third-order valence-corrected chi connectivity index (χ3v) is 3.75. The third kappa shape index (κ3) is 4.77. The molecule has 0 radical (unpaired) electrons. The van der Waals surface area contributed by atoms with Crippen LogP contribution in [0.15, 0.2) is 24.3 Å². The van der Waals surface area contributed by atoms with Gasteiger partial charge in [-0.2, -0.15) is 11.8 Å². The van der Waals surface area contributed by atoms with Crippen LogP contribution in [0.3, 0.4) is 0 Å². The molecule has 0 amide bonds. The molecule has 0 fully saturated rings. The second-order valence-electron chi connectivity index (χ2n) is 4.24. The minimum Gasteiger partial charge on any atom is -0.310 e. The average Bonchev–Trinajstić information content (AvgIpc) is 2.27.